The van der Waals surface area contributed by atoms with Crippen LogP contribution in [0.2, 0.25) is 0 Å². The molecule has 1 aromatic rings. The van der Waals surface area contributed by atoms with Gasteiger partial charge in [0.15, 0.2) is 0 Å². The van der Waals surface area contributed by atoms with E-state index in [0.29, 0.717) is 18.7 Å². The number of β-amino-alcohol motifs (C(OH)–C–C–N with tert-alkyl or cyclic N) is 1. The van der Waals surface area contributed by atoms with Gasteiger partial charge in [0.1, 0.15) is 5.75 Å². The number of pyridine rings is 1. The summed E-state index contributed by atoms with van der Waals surface area (Å²) >= 11 is 0. The molecular formula is C14H21N3O5. The predicted molar refractivity (Wildman–Crippen MR) is 78.5 cm³/mol. The first kappa shape index (κ1) is 17.9. The van der Waals surface area contributed by atoms with Crippen LogP contribution in [0.5, 0.6) is 5.75 Å². The number of aliphatic hydroxyl groups is 1. The molecule has 0 aromatic carbocycles. The Labute approximate surface area is 128 Å². The van der Waals surface area contributed by atoms with Gasteiger partial charge < -0.3 is 26.0 Å². The van der Waals surface area contributed by atoms with Crippen LogP contribution in [0.15, 0.2) is 18.5 Å². The number of hydrogen-bond acceptors (Lipinski definition) is 6. The number of carbonyl (C=O) groups is 2. The SMILES string of the molecule is CC(=O)O.O=C(NC[C@@H]1CCNC[C@H]1O)c1cncc(O)c1. The molecule has 5 N–H and O–H groups in total. The van der Waals surface area contributed by atoms with E-state index < -0.39 is 12.1 Å². The molecule has 0 unspecified atom stereocenters. The van der Waals surface area contributed by atoms with Crippen LogP contribution >= 0.6 is 0 Å². The van der Waals surface area contributed by atoms with Crippen molar-refractivity contribution in [1.82, 2.24) is 15.6 Å². The molecule has 8 nitrogen and oxygen atoms in total. The third-order valence-electron chi connectivity index (χ3n) is 3.10. The van der Waals surface area contributed by atoms with E-state index in [1.807, 2.05) is 0 Å². The van der Waals surface area contributed by atoms with Crippen molar-refractivity contribution < 1.29 is 24.9 Å². The number of aliphatic hydroxyl groups excluding tert-OH is 1. The highest BCUT2D eigenvalue weighted by Crippen LogP contribution is 2.12. The quantitative estimate of drug-likeness (QED) is 0.512. The monoisotopic (exact) mass is 311 g/mol. The zero-order valence-corrected chi connectivity index (χ0v) is 12.3. The summed E-state index contributed by atoms with van der Waals surface area (Å²) in [4.78, 5) is 24.5. The van der Waals surface area contributed by atoms with E-state index in [4.69, 9.17) is 9.90 Å². The lowest BCUT2D eigenvalue weighted by molar-refractivity contribution is -0.134. The molecule has 1 aliphatic heterocycles. The second kappa shape index (κ2) is 8.96. The van der Waals surface area contributed by atoms with Crippen LogP contribution in [-0.4, -0.2) is 57.9 Å². The van der Waals surface area contributed by atoms with Crippen LogP contribution < -0.4 is 10.6 Å². The third-order valence-corrected chi connectivity index (χ3v) is 3.10. The average molecular weight is 311 g/mol. The standard InChI is InChI=1S/C12H17N3O3.C2H4O2/c16-10-3-9(4-14-6-10)12(18)15-5-8-1-2-13-7-11(8)17;1-2(3)4/h3-4,6,8,11,13,16-17H,1-2,5,7H2,(H,15,18);1H3,(H,3,4)/t8-,11+;/m0./s1. The fourth-order valence-corrected chi connectivity index (χ4v) is 2.01. The van der Waals surface area contributed by atoms with Gasteiger partial charge in [0, 0.05) is 32.1 Å². The summed E-state index contributed by atoms with van der Waals surface area (Å²) in [6, 6.07) is 1.36. The molecule has 2 rings (SSSR count). The van der Waals surface area contributed by atoms with Crippen LogP contribution in [0.4, 0.5) is 0 Å². The van der Waals surface area contributed by atoms with Crippen LogP contribution in [0.25, 0.3) is 0 Å². The molecule has 1 saturated heterocycles. The Balaban J connectivity index is 0.000000541. The largest absolute Gasteiger partial charge is 0.506 e. The van der Waals surface area contributed by atoms with Gasteiger partial charge in [-0.05, 0) is 19.0 Å². The number of piperidine rings is 1. The van der Waals surface area contributed by atoms with E-state index in [9.17, 15) is 15.0 Å². The summed E-state index contributed by atoms with van der Waals surface area (Å²) < 4.78 is 0. The zero-order chi connectivity index (χ0) is 16.5. The van der Waals surface area contributed by atoms with E-state index in [1.54, 1.807) is 0 Å². The number of carboxylic acids is 1. The lowest BCUT2D eigenvalue weighted by Gasteiger charge is -2.28. The number of hydrogen-bond donors (Lipinski definition) is 5. The van der Waals surface area contributed by atoms with E-state index in [1.165, 1.54) is 18.5 Å². The summed E-state index contributed by atoms with van der Waals surface area (Å²) in [6.45, 7) is 2.93. The number of aromatic nitrogens is 1. The molecule has 2 atom stereocenters. The molecule has 1 aromatic heterocycles. The van der Waals surface area contributed by atoms with Crippen molar-refractivity contribution in [2.75, 3.05) is 19.6 Å². The highest BCUT2D eigenvalue weighted by Gasteiger charge is 2.23. The smallest absolute Gasteiger partial charge is 0.300 e. The Morgan fingerprint density at radius 1 is 1.45 bits per heavy atom. The molecule has 0 saturated carbocycles. The van der Waals surface area contributed by atoms with Gasteiger partial charge in [0.25, 0.3) is 11.9 Å². The fourth-order valence-electron chi connectivity index (χ4n) is 2.01. The van der Waals surface area contributed by atoms with E-state index >= 15 is 0 Å². The van der Waals surface area contributed by atoms with E-state index in [-0.39, 0.29) is 17.6 Å². The van der Waals surface area contributed by atoms with Gasteiger partial charge in [0.2, 0.25) is 0 Å². The summed E-state index contributed by atoms with van der Waals surface area (Å²) in [5.74, 6) is -1.09. The maximum absolute atomic E-state index is 11.8. The number of carbonyl (C=O) groups excluding carboxylic acids is 1. The van der Waals surface area contributed by atoms with Crippen molar-refractivity contribution >= 4 is 11.9 Å². The van der Waals surface area contributed by atoms with Gasteiger partial charge in [0.05, 0.1) is 17.9 Å². The Kier molecular flexibility index (Phi) is 7.27. The van der Waals surface area contributed by atoms with Gasteiger partial charge in [-0.15, -0.1) is 0 Å². The number of rotatable bonds is 3. The van der Waals surface area contributed by atoms with Crippen LogP contribution in [-0.2, 0) is 4.79 Å². The van der Waals surface area contributed by atoms with Crippen molar-refractivity contribution in [2.24, 2.45) is 5.92 Å². The van der Waals surface area contributed by atoms with Crippen molar-refractivity contribution in [3.63, 3.8) is 0 Å². The van der Waals surface area contributed by atoms with Crippen molar-refractivity contribution in [2.45, 2.75) is 19.4 Å². The van der Waals surface area contributed by atoms with Crippen LogP contribution in [0.3, 0.4) is 0 Å². The Morgan fingerprint density at radius 3 is 2.73 bits per heavy atom. The number of nitrogens with one attached hydrogen (secondary N) is 2. The molecule has 22 heavy (non-hydrogen) atoms. The minimum Gasteiger partial charge on any atom is -0.506 e. The second-order valence-electron chi connectivity index (χ2n) is 4.98. The molecule has 8 heteroatoms. The van der Waals surface area contributed by atoms with Crippen molar-refractivity contribution in [3.05, 3.63) is 24.0 Å². The van der Waals surface area contributed by atoms with Gasteiger partial charge in [-0.3, -0.25) is 14.6 Å². The third kappa shape index (κ3) is 6.51. The normalized spacial score (nSPS) is 20.5. The minimum absolute atomic E-state index is 0.0375. The molecule has 1 fully saturated rings. The van der Waals surface area contributed by atoms with Gasteiger partial charge >= 0.3 is 0 Å². The Bertz CT molecular complexity index is 505. The Morgan fingerprint density at radius 2 is 2.14 bits per heavy atom. The van der Waals surface area contributed by atoms with E-state index in [0.717, 1.165) is 19.9 Å². The number of aliphatic carboxylic acids is 1. The average Bonchev–Trinajstić information content (AvgIpc) is 2.45. The lowest BCUT2D eigenvalue weighted by Crippen LogP contribution is -2.45. The topological polar surface area (TPSA) is 132 Å². The molecule has 0 aliphatic carbocycles. The van der Waals surface area contributed by atoms with Crippen molar-refractivity contribution in [3.8, 4) is 5.75 Å². The highest BCUT2D eigenvalue weighted by atomic mass is 16.4. The summed E-state index contributed by atoms with van der Waals surface area (Å²) in [7, 11) is 0. The van der Waals surface area contributed by atoms with Gasteiger partial charge in [-0.2, -0.15) is 0 Å². The predicted octanol–water partition coefficient (Wildman–Crippen LogP) is -0.422. The maximum Gasteiger partial charge on any atom is 0.300 e. The second-order valence-corrected chi connectivity index (χ2v) is 4.98. The molecule has 2 heterocycles. The molecule has 0 radical (unpaired) electrons. The van der Waals surface area contributed by atoms with E-state index in [2.05, 4.69) is 15.6 Å². The molecule has 1 amide bonds. The molecule has 1 aliphatic rings. The number of nitrogens with zero attached hydrogens (tertiary/aromatic N) is 1. The molecule has 0 spiro atoms. The first-order chi connectivity index (χ1) is 10.4. The fraction of sp³-hybridized carbons (Fsp3) is 0.500. The molecule has 122 valence electrons. The summed E-state index contributed by atoms with van der Waals surface area (Å²) in [5.41, 5.74) is 0.318. The minimum atomic E-state index is -0.833. The molecular weight excluding hydrogens is 290 g/mol. The highest BCUT2D eigenvalue weighted by molar-refractivity contribution is 5.94. The molecule has 0 bridgehead atoms. The Hall–Kier alpha value is -2.19. The number of amides is 1. The maximum atomic E-state index is 11.8. The van der Waals surface area contributed by atoms with Crippen LogP contribution in [0, 0.1) is 5.92 Å². The first-order valence-corrected chi connectivity index (χ1v) is 6.90. The first-order valence-electron chi connectivity index (χ1n) is 6.90. The summed E-state index contributed by atoms with van der Waals surface area (Å²) in [5, 5.41) is 32.2. The number of aromatic hydroxyl groups is 1. The van der Waals surface area contributed by atoms with Gasteiger partial charge in [-0.1, -0.05) is 0 Å². The number of carboxylic acid groups (broad SMARTS) is 1. The lowest BCUT2D eigenvalue weighted by atomic mass is 9.95. The van der Waals surface area contributed by atoms with Crippen molar-refractivity contribution in [1.29, 1.82) is 0 Å². The van der Waals surface area contributed by atoms with Gasteiger partial charge in [-0.25, -0.2) is 0 Å². The van der Waals surface area contributed by atoms with Crippen LogP contribution in [0.1, 0.15) is 23.7 Å². The zero-order valence-electron chi connectivity index (χ0n) is 12.3. The summed E-state index contributed by atoms with van der Waals surface area (Å²) in [6.07, 6.45) is 3.07.